The molecule has 0 atom stereocenters. The Bertz CT molecular complexity index is 223. The number of hydrogen-bond donors (Lipinski definition) is 3. The first-order valence-corrected chi connectivity index (χ1v) is 8.89. The lowest BCUT2D eigenvalue weighted by atomic mass is 10.1. The Morgan fingerprint density at radius 1 is 0.810 bits per heavy atom. The van der Waals surface area contributed by atoms with Gasteiger partial charge in [0.15, 0.2) is 0 Å². The minimum atomic E-state index is 0.145. The van der Waals surface area contributed by atoms with Crippen LogP contribution in [-0.2, 0) is 4.79 Å². The van der Waals surface area contributed by atoms with Gasteiger partial charge in [-0.2, -0.15) is 0 Å². The minimum Gasteiger partial charge on any atom is -0.395 e. The summed E-state index contributed by atoms with van der Waals surface area (Å²) in [7, 11) is 0. The van der Waals surface area contributed by atoms with Crippen LogP contribution in [0.3, 0.4) is 0 Å². The first kappa shape index (κ1) is 20.4. The van der Waals surface area contributed by atoms with Gasteiger partial charge in [-0.15, -0.1) is 0 Å². The maximum atomic E-state index is 11.5. The highest BCUT2D eigenvalue weighted by atomic mass is 16.3. The van der Waals surface area contributed by atoms with E-state index in [9.17, 15) is 4.79 Å². The molecule has 0 saturated heterocycles. The van der Waals surface area contributed by atoms with E-state index in [0.717, 1.165) is 13.0 Å². The SMILES string of the molecule is CCCCCCCCCCCCC(=O)NCCNCCO. The molecule has 0 aromatic rings. The molecule has 0 bridgehead atoms. The molecule has 126 valence electrons. The molecule has 0 saturated carbocycles. The molecule has 0 aromatic heterocycles. The molecule has 0 spiro atoms. The monoisotopic (exact) mass is 300 g/mol. The quantitative estimate of drug-likeness (QED) is 0.384. The van der Waals surface area contributed by atoms with E-state index in [0.29, 0.717) is 19.5 Å². The molecule has 0 fully saturated rings. The number of hydrogen-bond acceptors (Lipinski definition) is 3. The lowest BCUT2D eigenvalue weighted by Gasteiger charge is -2.06. The third-order valence-electron chi connectivity index (χ3n) is 3.67. The van der Waals surface area contributed by atoms with Gasteiger partial charge < -0.3 is 15.7 Å². The summed E-state index contributed by atoms with van der Waals surface area (Å²) in [5, 5.41) is 14.5. The second kappa shape index (κ2) is 17.4. The number of aliphatic hydroxyl groups excluding tert-OH is 1. The van der Waals surface area contributed by atoms with E-state index in [1.165, 1.54) is 57.8 Å². The molecule has 21 heavy (non-hydrogen) atoms. The average molecular weight is 300 g/mol. The van der Waals surface area contributed by atoms with Crippen molar-refractivity contribution in [1.29, 1.82) is 0 Å². The van der Waals surface area contributed by atoms with E-state index in [2.05, 4.69) is 17.6 Å². The van der Waals surface area contributed by atoms with Crippen LogP contribution in [0, 0.1) is 0 Å². The molecule has 4 nitrogen and oxygen atoms in total. The van der Waals surface area contributed by atoms with Crippen LogP contribution in [0.1, 0.15) is 77.6 Å². The van der Waals surface area contributed by atoms with Crippen LogP contribution in [0.15, 0.2) is 0 Å². The van der Waals surface area contributed by atoms with Crippen molar-refractivity contribution >= 4 is 5.91 Å². The molecule has 0 aliphatic heterocycles. The van der Waals surface area contributed by atoms with Gasteiger partial charge in [-0.3, -0.25) is 4.79 Å². The Hall–Kier alpha value is -0.610. The molecule has 0 heterocycles. The van der Waals surface area contributed by atoms with Crippen molar-refractivity contribution in [3.63, 3.8) is 0 Å². The number of nitrogens with one attached hydrogen (secondary N) is 2. The Balaban J connectivity index is 3.11. The number of aliphatic hydroxyl groups is 1. The second-order valence-electron chi connectivity index (χ2n) is 5.76. The van der Waals surface area contributed by atoms with Crippen molar-refractivity contribution in [3.05, 3.63) is 0 Å². The molecule has 1 amide bonds. The van der Waals surface area contributed by atoms with Crippen molar-refractivity contribution in [1.82, 2.24) is 10.6 Å². The maximum absolute atomic E-state index is 11.5. The predicted molar refractivity (Wildman–Crippen MR) is 89.4 cm³/mol. The van der Waals surface area contributed by atoms with Gasteiger partial charge in [0.25, 0.3) is 0 Å². The zero-order valence-corrected chi connectivity index (χ0v) is 14.0. The summed E-state index contributed by atoms with van der Waals surface area (Å²) < 4.78 is 0. The molecule has 3 N–H and O–H groups in total. The van der Waals surface area contributed by atoms with Crippen molar-refractivity contribution in [2.75, 3.05) is 26.2 Å². The van der Waals surface area contributed by atoms with Gasteiger partial charge in [0.05, 0.1) is 6.61 Å². The van der Waals surface area contributed by atoms with Crippen molar-refractivity contribution in [3.8, 4) is 0 Å². The van der Waals surface area contributed by atoms with E-state index in [1.54, 1.807) is 0 Å². The van der Waals surface area contributed by atoms with Crippen LogP contribution in [0.2, 0.25) is 0 Å². The topological polar surface area (TPSA) is 61.4 Å². The second-order valence-corrected chi connectivity index (χ2v) is 5.76. The molecule has 0 aromatic carbocycles. The van der Waals surface area contributed by atoms with Gasteiger partial charge in [-0.05, 0) is 6.42 Å². The van der Waals surface area contributed by atoms with Crippen molar-refractivity contribution in [2.45, 2.75) is 77.6 Å². The van der Waals surface area contributed by atoms with Crippen molar-refractivity contribution in [2.24, 2.45) is 0 Å². The Kier molecular flexibility index (Phi) is 16.9. The zero-order chi connectivity index (χ0) is 15.6. The fraction of sp³-hybridized carbons (Fsp3) is 0.941. The van der Waals surface area contributed by atoms with Gasteiger partial charge in [0.1, 0.15) is 0 Å². The predicted octanol–water partition coefficient (Wildman–Crippen LogP) is 3.00. The number of unbranched alkanes of at least 4 members (excludes halogenated alkanes) is 9. The average Bonchev–Trinajstić information content (AvgIpc) is 2.49. The molecule has 0 unspecified atom stereocenters. The van der Waals surface area contributed by atoms with Gasteiger partial charge in [0, 0.05) is 26.1 Å². The highest BCUT2D eigenvalue weighted by molar-refractivity contribution is 5.75. The molecular weight excluding hydrogens is 264 g/mol. The normalized spacial score (nSPS) is 10.8. The van der Waals surface area contributed by atoms with E-state index < -0.39 is 0 Å². The minimum absolute atomic E-state index is 0.145. The van der Waals surface area contributed by atoms with Crippen LogP contribution in [0.25, 0.3) is 0 Å². The molecular formula is C17H36N2O2. The molecule has 4 heteroatoms. The third-order valence-corrected chi connectivity index (χ3v) is 3.67. The Labute approximate surface area is 131 Å². The number of rotatable bonds is 16. The van der Waals surface area contributed by atoms with E-state index in [4.69, 9.17) is 5.11 Å². The van der Waals surface area contributed by atoms with Crippen LogP contribution in [0.5, 0.6) is 0 Å². The third kappa shape index (κ3) is 17.3. The van der Waals surface area contributed by atoms with Gasteiger partial charge in [0.2, 0.25) is 5.91 Å². The fourth-order valence-corrected chi connectivity index (χ4v) is 2.36. The van der Waals surface area contributed by atoms with Gasteiger partial charge in [-0.1, -0.05) is 64.7 Å². The highest BCUT2D eigenvalue weighted by Crippen LogP contribution is 2.11. The van der Waals surface area contributed by atoms with Gasteiger partial charge in [-0.25, -0.2) is 0 Å². The fourth-order valence-electron chi connectivity index (χ4n) is 2.36. The van der Waals surface area contributed by atoms with Crippen LogP contribution in [0.4, 0.5) is 0 Å². The summed E-state index contributed by atoms with van der Waals surface area (Å²) in [5.74, 6) is 0.153. The molecule has 0 rings (SSSR count). The first-order chi connectivity index (χ1) is 10.3. The summed E-state index contributed by atoms with van der Waals surface area (Å²) in [6.45, 7) is 4.36. The summed E-state index contributed by atoms with van der Waals surface area (Å²) in [5.41, 5.74) is 0. The van der Waals surface area contributed by atoms with Crippen LogP contribution in [-0.4, -0.2) is 37.3 Å². The standard InChI is InChI=1S/C17H36N2O2/c1-2-3-4-5-6-7-8-9-10-11-12-17(21)19-14-13-18-15-16-20/h18,20H,2-16H2,1H3,(H,19,21). The largest absolute Gasteiger partial charge is 0.395 e. The lowest BCUT2D eigenvalue weighted by molar-refractivity contribution is -0.121. The summed E-state index contributed by atoms with van der Waals surface area (Å²) in [4.78, 5) is 11.5. The first-order valence-electron chi connectivity index (χ1n) is 8.89. The van der Waals surface area contributed by atoms with Crippen LogP contribution >= 0.6 is 0 Å². The lowest BCUT2D eigenvalue weighted by Crippen LogP contribution is -2.32. The molecule has 0 aliphatic carbocycles. The summed E-state index contributed by atoms with van der Waals surface area (Å²) in [6, 6.07) is 0. The number of carbonyl (C=O) groups is 1. The van der Waals surface area contributed by atoms with Crippen molar-refractivity contribution < 1.29 is 9.90 Å². The van der Waals surface area contributed by atoms with Gasteiger partial charge >= 0.3 is 0 Å². The number of carbonyl (C=O) groups excluding carboxylic acids is 1. The summed E-state index contributed by atoms with van der Waals surface area (Å²) in [6.07, 6.45) is 13.6. The maximum Gasteiger partial charge on any atom is 0.220 e. The van der Waals surface area contributed by atoms with E-state index >= 15 is 0 Å². The zero-order valence-electron chi connectivity index (χ0n) is 14.0. The smallest absolute Gasteiger partial charge is 0.220 e. The van der Waals surface area contributed by atoms with Crippen LogP contribution < -0.4 is 10.6 Å². The Morgan fingerprint density at radius 3 is 1.95 bits per heavy atom. The van der Waals surface area contributed by atoms with E-state index in [-0.39, 0.29) is 12.5 Å². The van der Waals surface area contributed by atoms with E-state index in [1.807, 2.05) is 0 Å². The molecule has 0 radical (unpaired) electrons. The summed E-state index contributed by atoms with van der Waals surface area (Å²) >= 11 is 0. The Morgan fingerprint density at radius 2 is 1.38 bits per heavy atom. The number of amides is 1. The molecule has 0 aliphatic rings. The highest BCUT2D eigenvalue weighted by Gasteiger charge is 2.00.